The molecule has 3 N–H and O–H groups in total. The highest BCUT2D eigenvalue weighted by Crippen LogP contribution is 2.57. The molecule has 1 spiro atoms. The van der Waals surface area contributed by atoms with Crippen molar-refractivity contribution in [3.63, 3.8) is 0 Å². The summed E-state index contributed by atoms with van der Waals surface area (Å²) in [5, 5.41) is 16.2. The number of benzene rings is 2. The first kappa shape index (κ1) is 27.5. The zero-order valence-electron chi connectivity index (χ0n) is 21.6. The molecule has 1 saturated carbocycles. The van der Waals surface area contributed by atoms with E-state index < -0.39 is 41.2 Å². The molecular formula is C29H32Cl2F2N2O3. The lowest BCUT2D eigenvalue weighted by molar-refractivity contribution is -0.123. The summed E-state index contributed by atoms with van der Waals surface area (Å²) in [4.78, 5) is 28.1. The third-order valence-corrected chi connectivity index (χ3v) is 8.93. The van der Waals surface area contributed by atoms with Gasteiger partial charge in [-0.2, -0.15) is 0 Å². The van der Waals surface area contributed by atoms with Gasteiger partial charge < -0.3 is 15.7 Å². The maximum absolute atomic E-state index is 15.0. The minimum atomic E-state index is -1.37. The summed E-state index contributed by atoms with van der Waals surface area (Å²) in [5.74, 6) is -2.49. The fourth-order valence-corrected chi connectivity index (χ4v) is 7.19. The number of anilines is 1. The van der Waals surface area contributed by atoms with E-state index in [4.69, 9.17) is 23.2 Å². The lowest BCUT2D eigenvalue weighted by Crippen LogP contribution is -2.49. The summed E-state index contributed by atoms with van der Waals surface area (Å²) in [6.45, 7) is 6.12. The van der Waals surface area contributed by atoms with Gasteiger partial charge in [0.15, 0.2) is 5.78 Å². The Balaban J connectivity index is 1.70. The summed E-state index contributed by atoms with van der Waals surface area (Å²) < 4.78 is 29.2. The molecule has 2 aromatic carbocycles. The van der Waals surface area contributed by atoms with Crippen LogP contribution in [0, 0.1) is 23.0 Å². The Kier molecular flexibility index (Phi) is 7.13. The van der Waals surface area contributed by atoms with Crippen molar-refractivity contribution in [3.05, 3.63) is 63.1 Å². The van der Waals surface area contributed by atoms with Crippen molar-refractivity contribution < 1.29 is 23.5 Å². The summed E-state index contributed by atoms with van der Waals surface area (Å²) in [6.07, 6.45) is 2.27. The van der Waals surface area contributed by atoms with Gasteiger partial charge in [-0.05, 0) is 72.4 Å². The minimum Gasteiger partial charge on any atom is -0.393 e. The number of aliphatic hydroxyl groups is 1. The minimum absolute atomic E-state index is 0.0373. The molecule has 5 nitrogen and oxygen atoms in total. The van der Waals surface area contributed by atoms with Gasteiger partial charge >= 0.3 is 0 Å². The van der Waals surface area contributed by atoms with Crippen molar-refractivity contribution in [2.45, 2.75) is 82.4 Å². The molecule has 6 atom stereocenters. The molecule has 0 aromatic heterocycles. The van der Waals surface area contributed by atoms with Crippen LogP contribution < -0.4 is 10.6 Å². The monoisotopic (exact) mass is 564 g/mol. The number of Topliss-reactive ketones (excluding diaryl/α,β-unsaturated/α-hetero) is 1. The lowest BCUT2D eigenvalue weighted by atomic mass is 9.62. The van der Waals surface area contributed by atoms with Crippen molar-refractivity contribution in [3.8, 4) is 0 Å². The quantitative estimate of drug-likeness (QED) is 0.407. The first-order chi connectivity index (χ1) is 17.8. The summed E-state index contributed by atoms with van der Waals surface area (Å²) in [5.41, 5.74) is -0.291. The van der Waals surface area contributed by atoms with Gasteiger partial charge in [-0.25, -0.2) is 8.78 Å². The Hall–Kier alpha value is -2.06. The predicted octanol–water partition coefficient (Wildman–Crippen LogP) is 6.14. The van der Waals surface area contributed by atoms with Crippen LogP contribution in [0.4, 0.5) is 14.5 Å². The number of carbonyl (C=O) groups excluding carboxylic acids is 2. The zero-order valence-corrected chi connectivity index (χ0v) is 23.1. The number of ketones is 1. The fraction of sp³-hybridized carbons (Fsp3) is 0.517. The van der Waals surface area contributed by atoms with Gasteiger partial charge in [-0.15, -0.1) is 0 Å². The van der Waals surface area contributed by atoms with Crippen molar-refractivity contribution >= 4 is 40.6 Å². The van der Waals surface area contributed by atoms with Gasteiger partial charge in [0.2, 0.25) is 5.91 Å². The molecule has 2 fully saturated rings. The molecule has 9 heteroatoms. The van der Waals surface area contributed by atoms with Gasteiger partial charge in [-0.3, -0.25) is 9.59 Å². The molecule has 1 amide bonds. The molecule has 3 aliphatic rings. The van der Waals surface area contributed by atoms with Crippen LogP contribution in [0.15, 0.2) is 30.3 Å². The summed E-state index contributed by atoms with van der Waals surface area (Å²) in [7, 11) is 0. The Morgan fingerprint density at radius 2 is 1.82 bits per heavy atom. The molecular weight excluding hydrogens is 533 g/mol. The van der Waals surface area contributed by atoms with Crippen molar-refractivity contribution in [2.75, 3.05) is 5.32 Å². The number of halogens is 4. The van der Waals surface area contributed by atoms with Gasteiger partial charge in [0.1, 0.15) is 17.0 Å². The third kappa shape index (κ3) is 4.66. The van der Waals surface area contributed by atoms with E-state index in [1.54, 1.807) is 6.07 Å². The van der Waals surface area contributed by atoms with E-state index in [9.17, 15) is 23.5 Å². The van der Waals surface area contributed by atoms with E-state index >= 15 is 0 Å². The molecule has 38 heavy (non-hydrogen) atoms. The molecule has 1 saturated heterocycles. The Morgan fingerprint density at radius 1 is 1.11 bits per heavy atom. The largest absolute Gasteiger partial charge is 0.393 e. The van der Waals surface area contributed by atoms with Crippen molar-refractivity contribution in [1.29, 1.82) is 0 Å². The number of hydrogen-bond donors (Lipinski definition) is 3. The van der Waals surface area contributed by atoms with E-state index in [2.05, 4.69) is 10.6 Å². The fourth-order valence-electron chi connectivity index (χ4n) is 6.84. The number of hydrogen-bond acceptors (Lipinski definition) is 4. The average Bonchev–Trinajstić information content (AvgIpc) is 3.45. The standard InChI is InChI=1S/C29H32Cl2F2N2O3/c1-28(2,3)13-24-29(17-11-21(33)19(31)12-22(17)34-27(29)38)25(15-5-7-20(32)18(30)10-15)26(35-24)23(37)9-14-4-6-16(36)8-14/h5,7,10-12,14,16,24-26,35-36H,4,6,8-9,13H2,1-3H3,(H,34,38)/t14?,16-,24+,25-,26-,29-/m0/s1. The molecule has 0 bridgehead atoms. The van der Waals surface area contributed by atoms with Crippen LogP contribution in [-0.4, -0.2) is 35.0 Å². The van der Waals surface area contributed by atoms with Gasteiger partial charge in [0.25, 0.3) is 0 Å². The molecule has 204 valence electrons. The van der Waals surface area contributed by atoms with Gasteiger partial charge in [-0.1, -0.05) is 50.0 Å². The Morgan fingerprint density at radius 3 is 2.45 bits per heavy atom. The predicted molar refractivity (Wildman–Crippen MR) is 144 cm³/mol. The molecule has 1 unspecified atom stereocenters. The normalized spacial score (nSPS) is 30.6. The molecule has 2 aliphatic heterocycles. The molecule has 2 aromatic rings. The number of rotatable bonds is 5. The van der Waals surface area contributed by atoms with E-state index in [1.165, 1.54) is 24.3 Å². The number of aliphatic hydroxyl groups excluding tert-OH is 1. The topological polar surface area (TPSA) is 78.4 Å². The lowest BCUT2D eigenvalue weighted by Gasteiger charge is -2.37. The Bertz CT molecular complexity index is 1300. The van der Waals surface area contributed by atoms with Crippen LogP contribution in [0.3, 0.4) is 0 Å². The Labute approximate surface area is 231 Å². The van der Waals surface area contributed by atoms with E-state index in [1.807, 2.05) is 20.8 Å². The highest BCUT2D eigenvalue weighted by molar-refractivity contribution is 6.31. The first-order valence-corrected chi connectivity index (χ1v) is 13.8. The second kappa shape index (κ2) is 9.84. The van der Waals surface area contributed by atoms with E-state index in [-0.39, 0.29) is 39.5 Å². The molecule has 1 aliphatic carbocycles. The number of amides is 1. The zero-order chi connectivity index (χ0) is 27.6. The second-order valence-corrected chi connectivity index (χ2v) is 13.1. The van der Waals surface area contributed by atoms with Crippen LogP contribution in [0.2, 0.25) is 10.0 Å². The highest BCUT2D eigenvalue weighted by Gasteiger charge is 2.65. The van der Waals surface area contributed by atoms with Crippen LogP contribution in [0.1, 0.15) is 69.9 Å². The smallest absolute Gasteiger partial charge is 0.237 e. The van der Waals surface area contributed by atoms with Crippen LogP contribution >= 0.6 is 23.2 Å². The van der Waals surface area contributed by atoms with Crippen LogP contribution in [0.5, 0.6) is 0 Å². The number of fused-ring (bicyclic) bond motifs is 2. The molecule has 5 rings (SSSR count). The first-order valence-electron chi connectivity index (χ1n) is 13.0. The third-order valence-electron chi connectivity index (χ3n) is 8.35. The van der Waals surface area contributed by atoms with Crippen molar-refractivity contribution in [2.24, 2.45) is 11.3 Å². The summed E-state index contributed by atoms with van der Waals surface area (Å²) >= 11 is 12.3. The van der Waals surface area contributed by atoms with Crippen molar-refractivity contribution in [1.82, 2.24) is 5.32 Å². The SMILES string of the molecule is CC(C)(C)C[C@H]1N[C@@H](C(=O)CC2CC[C@H](O)C2)[C@H](c2ccc(F)c(Cl)c2)[C@@]12C(=O)Nc1cc(Cl)c(F)cc12. The number of carbonyl (C=O) groups is 2. The number of nitrogens with one attached hydrogen (secondary N) is 2. The van der Waals surface area contributed by atoms with Crippen LogP contribution in [-0.2, 0) is 15.0 Å². The van der Waals surface area contributed by atoms with E-state index in [0.717, 1.165) is 6.42 Å². The van der Waals surface area contributed by atoms with Crippen LogP contribution in [0.25, 0.3) is 0 Å². The molecule has 2 heterocycles. The maximum Gasteiger partial charge on any atom is 0.237 e. The maximum atomic E-state index is 15.0. The molecule has 0 radical (unpaired) electrons. The van der Waals surface area contributed by atoms with Gasteiger partial charge in [0.05, 0.1) is 22.2 Å². The second-order valence-electron chi connectivity index (χ2n) is 12.3. The highest BCUT2D eigenvalue weighted by atomic mass is 35.5. The average molecular weight is 565 g/mol. The summed E-state index contributed by atoms with van der Waals surface area (Å²) in [6, 6.07) is 5.57. The van der Waals surface area contributed by atoms with Gasteiger partial charge in [0, 0.05) is 24.1 Å². The van der Waals surface area contributed by atoms with E-state index in [0.29, 0.717) is 36.1 Å².